The second kappa shape index (κ2) is 11.2. The molecule has 0 aromatic carbocycles. The molecule has 0 bridgehead atoms. The van der Waals surface area contributed by atoms with Crippen LogP contribution in [-0.2, 0) is 9.59 Å². The second-order valence-corrected chi connectivity index (χ2v) is 10.3. The minimum absolute atomic E-state index is 0.244. The third-order valence-corrected chi connectivity index (χ3v) is 7.34. The van der Waals surface area contributed by atoms with E-state index in [1.54, 1.807) is 0 Å². The Hall–Kier alpha value is -1.06. The highest BCUT2D eigenvalue weighted by Gasteiger charge is 2.43. The Bertz CT molecular complexity index is 461. The lowest BCUT2D eigenvalue weighted by atomic mass is 9.68. The second-order valence-electron chi connectivity index (χ2n) is 10.3. The lowest BCUT2D eigenvalue weighted by Gasteiger charge is -2.35. The molecule has 0 aliphatic heterocycles. The van der Waals surface area contributed by atoms with Crippen molar-refractivity contribution in [1.29, 1.82) is 0 Å². The molecule has 0 saturated heterocycles. The first-order chi connectivity index (χ1) is 13.3. The zero-order chi connectivity index (χ0) is 20.6. The molecule has 28 heavy (non-hydrogen) atoms. The van der Waals surface area contributed by atoms with E-state index in [2.05, 4.69) is 13.8 Å². The highest BCUT2D eigenvalue weighted by atomic mass is 16.4. The fourth-order valence-corrected chi connectivity index (χ4v) is 6.25. The summed E-state index contributed by atoms with van der Waals surface area (Å²) >= 11 is 0. The molecule has 2 aliphatic carbocycles. The fourth-order valence-electron chi connectivity index (χ4n) is 6.25. The van der Waals surface area contributed by atoms with Crippen molar-refractivity contribution >= 4 is 11.9 Å². The molecular weight excluding hydrogens is 352 g/mol. The van der Waals surface area contributed by atoms with Gasteiger partial charge < -0.3 is 10.2 Å². The summed E-state index contributed by atoms with van der Waals surface area (Å²) in [7, 11) is 0. The van der Waals surface area contributed by atoms with Gasteiger partial charge in [-0.1, -0.05) is 78.1 Å². The molecule has 2 atom stereocenters. The molecule has 2 N–H and O–H groups in total. The Kier molecular flexibility index (Phi) is 9.30. The van der Waals surface area contributed by atoms with E-state index in [-0.39, 0.29) is 18.3 Å². The predicted molar refractivity (Wildman–Crippen MR) is 112 cm³/mol. The zero-order valence-corrected chi connectivity index (χ0v) is 18.1. The van der Waals surface area contributed by atoms with Gasteiger partial charge >= 0.3 is 11.9 Å². The molecular formula is C24H42O4. The van der Waals surface area contributed by atoms with Crippen molar-refractivity contribution in [2.75, 3.05) is 0 Å². The lowest BCUT2D eigenvalue weighted by molar-refractivity contribution is -0.158. The zero-order valence-electron chi connectivity index (χ0n) is 18.1. The Morgan fingerprint density at radius 1 is 0.786 bits per heavy atom. The minimum Gasteiger partial charge on any atom is -0.481 e. The maximum Gasteiger partial charge on any atom is 0.310 e. The van der Waals surface area contributed by atoms with Crippen LogP contribution in [0.1, 0.15) is 110 Å². The van der Waals surface area contributed by atoms with Gasteiger partial charge in [-0.25, -0.2) is 0 Å². The molecule has 0 heterocycles. The van der Waals surface area contributed by atoms with Crippen molar-refractivity contribution in [1.82, 2.24) is 0 Å². The average molecular weight is 395 g/mol. The van der Waals surface area contributed by atoms with Crippen molar-refractivity contribution in [3.05, 3.63) is 0 Å². The molecule has 0 aromatic rings. The van der Waals surface area contributed by atoms with Gasteiger partial charge in [0.15, 0.2) is 0 Å². The Morgan fingerprint density at radius 3 is 1.50 bits per heavy atom. The molecule has 2 aliphatic rings. The standard InChI is InChI=1S/C24H42O4/c1-18(13-20-9-5-3-6-10-20)15-24(23(27)28,17-22(25)26)16-19(2)14-21-11-7-4-8-12-21/h18-21H,3-17H2,1-2H3,(H,25,26)(H,27,28). The minimum atomic E-state index is -1.12. The van der Waals surface area contributed by atoms with E-state index in [0.29, 0.717) is 24.7 Å². The van der Waals surface area contributed by atoms with Crippen LogP contribution in [0.3, 0.4) is 0 Å². The molecule has 0 amide bonds. The molecule has 2 saturated carbocycles. The maximum absolute atomic E-state index is 12.3. The number of rotatable bonds is 11. The Labute approximate surface area is 171 Å². The topological polar surface area (TPSA) is 74.6 Å². The first-order valence-corrected chi connectivity index (χ1v) is 11.8. The molecule has 4 nitrogen and oxygen atoms in total. The maximum atomic E-state index is 12.3. The summed E-state index contributed by atoms with van der Waals surface area (Å²) in [5, 5.41) is 19.6. The monoisotopic (exact) mass is 394 g/mol. The highest BCUT2D eigenvalue weighted by molar-refractivity contribution is 5.81. The van der Waals surface area contributed by atoms with Crippen LogP contribution in [-0.4, -0.2) is 22.2 Å². The Morgan fingerprint density at radius 2 is 1.18 bits per heavy atom. The molecule has 4 heteroatoms. The summed E-state index contributed by atoms with van der Waals surface area (Å²) in [5.41, 5.74) is -1.12. The van der Waals surface area contributed by atoms with Gasteiger partial charge in [-0.2, -0.15) is 0 Å². The van der Waals surface area contributed by atoms with Crippen molar-refractivity contribution in [2.45, 2.75) is 110 Å². The lowest BCUT2D eigenvalue weighted by Crippen LogP contribution is -2.37. The van der Waals surface area contributed by atoms with Gasteiger partial charge in [-0.15, -0.1) is 0 Å². The predicted octanol–water partition coefficient (Wildman–Crippen LogP) is 6.53. The van der Waals surface area contributed by atoms with E-state index in [4.69, 9.17) is 0 Å². The van der Waals surface area contributed by atoms with E-state index in [1.807, 2.05) is 0 Å². The molecule has 0 aromatic heterocycles. The van der Waals surface area contributed by atoms with E-state index >= 15 is 0 Å². The van der Waals surface area contributed by atoms with Crippen molar-refractivity contribution in [3.8, 4) is 0 Å². The molecule has 0 radical (unpaired) electrons. The number of hydrogen-bond acceptors (Lipinski definition) is 2. The summed E-state index contributed by atoms with van der Waals surface area (Å²) in [5.74, 6) is 0.0401. The van der Waals surface area contributed by atoms with Crippen molar-refractivity contribution in [2.24, 2.45) is 29.1 Å². The normalized spacial score (nSPS) is 23.6. The molecule has 2 fully saturated rings. The number of carboxylic acid groups (broad SMARTS) is 2. The van der Waals surface area contributed by atoms with Gasteiger partial charge in [-0.3, -0.25) is 9.59 Å². The van der Waals surface area contributed by atoms with Crippen LogP contribution >= 0.6 is 0 Å². The van der Waals surface area contributed by atoms with Crippen LogP contribution in [0, 0.1) is 29.1 Å². The fraction of sp³-hybridized carbons (Fsp3) is 0.917. The molecule has 0 spiro atoms. The van der Waals surface area contributed by atoms with Crippen LogP contribution in [0.15, 0.2) is 0 Å². The number of aliphatic carboxylic acids is 2. The molecule has 162 valence electrons. The average Bonchev–Trinajstić information content (AvgIpc) is 2.62. The van der Waals surface area contributed by atoms with E-state index in [1.165, 1.54) is 64.2 Å². The third kappa shape index (κ3) is 7.40. The van der Waals surface area contributed by atoms with Crippen molar-refractivity contribution in [3.63, 3.8) is 0 Å². The molecule has 2 rings (SSSR count). The van der Waals surface area contributed by atoms with E-state index < -0.39 is 17.4 Å². The number of hydrogen-bond donors (Lipinski definition) is 2. The Balaban J connectivity index is 2.02. The summed E-state index contributed by atoms with van der Waals surface area (Å²) in [6.07, 6.45) is 15.6. The van der Waals surface area contributed by atoms with Gasteiger partial charge in [0, 0.05) is 0 Å². The van der Waals surface area contributed by atoms with Gasteiger partial charge in [-0.05, 0) is 49.4 Å². The summed E-state index contributed by atoms with van der Waals surface area (Å²) < 4.78 is 0. The summed E-state index contributed by atoms with van der Waals surface area (Å²) in [4.78, 5) is 23.9. The van der Waals surface area contributed by atoms with Crippen LogP contribution in [0.25, 0.3) is 0 Å². The van der Waals surface area contributed by atoms with E-state index in [9.17, 15) is 19.8 Å². The largest absolute Gasteiger partial charge is 0.481 e. The summed E-state index contributed by atoms with van der Waals surface area (Å²) in [6, 6.07) is 0. The number of carboxylic acids is 2. The quantitative estimate of drug-likeness (QED) is 0.418. The van der Waals surface area contributed by atoms with Crippen LogP contribution < -0.4 is 0 Å². The highest BCUT2D eigenvalue weighted by Crippen LogP contribution is 2.42. The molecule has 2 unspecified atom stereocenters. The van der Waals surface area contributed by atoms with Crippen molar-refractivity contribution < 1.29 is 19.8 Å². The SMILES string of the molecule is CC(CC1CCCCC1)CC(CC(=O)O)(CC(C)CC1CCCCC1)C(=O)O. The van der Waals surface area contributed by atoms with E-state index in [0.717, 1.165) is 12.8 Å². The van der Waals surface area contributed by atoms with Gasteiger partial charge in [0.05, 0.1) is 11.8 Å². The van der Waals surface area contributed by atoms with Gasteiger partial charge in [0.25, 0.3) is 0 Å². The third-order valence-electron chi connectivity index (χ3n) is 7.34. The van der Waals surface area contributed by atoms with Crippen LogP contribution in [0.5, 0.6) is 0 Å². The summed E-state index contributed by atoms with van der Waals surface area (Å²) in [6.45, 7) is 4.28. The van der Waals surface area contributed by atoms with Gasteiger partial charge in [0.1, 0.15) is 0 Å². The first kappa shape index (κ1) is 23.2. The first-order valence-electron chi connectivity index (χ1n) is 11.8. The number of carbonyl (C=O) groups is 2. The van der Waals surface area contributed by atoms with Gasteiger partial charge in [0.2, 0.25) is 0 Å². The smallest absolute Gasteiger partial charge is 0.310 e. The van der Waals surface area contributed by atoms with Crippen LogP contribution in [0.2, 0.25) is 0 Å². The van der Waals surface area contributed by atoms with Crippen LogP contribution in [0.4, 0.5) is 0 Å².